The van der Waals surface area contributed by atoms with Gasteiger partial charge in [0.15, 0.2) is 0 Å². The van der Waals surface area contributed by atoms with E-state index in [-0.39, 0.29) is 0 Å². The summed E-state index contributed by atoms with van der Waals surface area (Å²) in [6.45, 7) is 6.53. The van der Waals surface area contributed by atoms with Crippen LogP contribution in [0.5, 0.6) is 0 Å². The molecule has 2 aromatic rings. The molecule has 1 unspecified atom stereocenters. The average Bonchev–Trinajstić information content (AvgIpc) is 2.68. The van der Waals surface area contributed by atoms with E-state index in [0.29, 0.717) is 5.28 Å². The van der Waals surface area contributed by atoms with Crippen LogP contribution in [0.3, 0.4) is 0 Å². The number of nitrogens with zero attached hydrogens (tertiary/aromatic N) is 3. The van der Waals surface area contributed by atoms with Crippen LogP contribution in [0.15, 0.2) is 6.07 Å². The van der Waals surface area contributed by atoms with Crippen molar-refractivity contribution in [2.45, 2.75) is 26.7 Å². The van der Waals surface area contributed by atoms with Crippen molar-refractivity contribution in [1.82, 2.24) is 9.97 Å². The molecule has 1 saturated heterocycles. The van der Waals surface area contributed by atoms with Gasteiger partial charge in [0.2, 0.25) is 5.28 Å². The summed E-state index contributed by atoms with van der Waals surface area (Å²) in [6, 6.07) is 2.17. The standard InChI is InChI=1S/C13H16ClN3S/c1-8-4-3-5-17(7-8)11-10-6-9(2)18-12(10)16-13(14)15-11/h6,8H,3-5,7H2,1-2H3. The van der Waals surface area contributed by atoms with Crippen molar-refractivity contribution in [2.24, 2.45) is 5.92 Å². The van der Waals surface area contributed by atoms with Gasteiger partial charge in [0.05, 0.1) is 5.39 Å². The third kappa shape index (κ3) is 2.19. The van der Waals surface area contributed by atoms with E-state index in [1.54, 1.807) is 11.3 Å². The minimum absolute atomic E-state index is 0.359. The minimum atomic E-state index is 0.359. The van der Waals surface area contributed by atoms with Crippen molar-refractivity contribution < 1.29 is 0 Å². The smallest absolute Gasteiger partial charge is 0.225 e. The number of thiophene rings is 1. The minimum Gasteiger partial charge on any atom is -0.356 e. The fourth-order valence-electron chi connectivity index (χ4n) is 2.62. The molecule has 3 nitrogen and oxygen atoms in total. The van der Waals surface area contributed by atoms with E-state index in [0.717, 1.165) is 35.0 Å². The molecule has 1 atom stereocenters. The number of piperidine rings is 1. The molecule has 3 heterocycles. The molecule has 1 fully saturated rings. The van der Waals surface area contributed by atoms with E-state index < -0.39 is 0 Å². The number of hydrogen-bond donors (Lipinski definition) is 0. The average molecular weight is 282 g/mol. The molecule has 0 aliphatic carbocycles. The van der Waals surface area contributed by atoms with Crippen LogP contribution in [0, 0.1) is 12.8 Å². The van der Waals surface area contributed by atoms with E-state index in [2.05, 4.69) is 34.8 Å². The zero-order chi connectivity index (χ0) is 12.7. The summed E-state index contributed by atoms with van der Waals surface area (Å²) in [5.41, 5.74) is 0. The molecule has 0 N–H and O–H groups in total. The zero-order valence-electron chi connectivity index (χ0n) is 10.6. The lowest BCUT2D eigenvalue weighted by molar-refractivity contribution is 0.445. The number of aryl methyl sites for hydroxylation is 1. The topological polar surface area (TPSA) is 29.0 Å². The molecule has 1 aliphatic rings. The molecule has 2 aromatic heterocycles. The molecule has 0 saturated carbocycles. The fraction of sp³-hybridized carbons (Fsp3) is 0.538. The van der Waals surface area contributed by atoms with Gasteiger partial charge < -0.3 is 4.90 Å². The van der Waals surface area contributed by atoms with Crippen LogP contribution in [-0.2, 0) is 0 Å². The predicted molar refractivity (Wildman–Crippen MR) is 77.8 cm³/mol. The third-order valence-corrected chi connectivity index (χ3v) is 4.54. The van der Waals surface area contributed by atoms with Crippen molar-refractivity contribution in [2.75, 3.05) is 18.0 Å². The van der Waals surface area contributed by atoms with Crippen LogP contribution in [0.25, 0.3) is 10.2 Å². The molecule has 1 aliphatic heterocycles. The Hall–Kier alpha value is -0.870. The Bertz CT molecular complexity index is 581. The Balaban J connectivity index is 2.09. The molecule has 18 heavy (non-hydrogen) atoms. The Morgan fingerprint density at radius 2 is 2.28 bits per heavy atom. The van der Waals surface area contributed by atoms with E-state index >= 15 is 0 Å². The second-order valence-electron chi connectivity index (χ2n) is 5.09. The van der Waals surface area contributed by atoms with Gasteiger partial charge in [-0.3, -0.25) is 0 Å². The van der Waals surface area contributed by atoms with Crippen LogP contribution >= 0.6 is 22.9 Å². The maximum atomic E-state index is 6.05. The number of anilines is 1. The van der Waals surface area contributed by atoms with Crippen molar-refractivity contribution in [3.05, 3.63) is 16.2 Å². The van der Waals surface area contributed by atoms with Crippen molar-refractivity contribution >= 4 is 39.0 Å². The molecular weight excluding hydrogens is 266 g/mol. The lowest BCUT2D eigenvalue weighted by Crippen LogP contribution is -2.35. The summed E-state index contributed by atoms with van der Waals surface area (Å²) in [5.74, 6) is 1.74. The van der Waals surface area contributed by atoms with Gasteiger partial charge in [-0.1, -0.05) is 6.92 Å². The van der Waals surface area contributed by atoms with Gasteiger partial charge in [0.1, 0.15) is 10.6 Å². The Morgan fingerprint density at radius 3 is 3.06 bits per heavy atom. The van der Waals surface area contributed by atoms with Gasteiger partial charge in [-0.05, 0) is 43.4 Å². The second kappa shape index (κ2) is 4.67. The van der Waals surface area contributed by atoms with Crippen LogP contribution < -0.4 is 4.90 Å². The molecule has 5 heteroatoms. The van der Waals surface area contributed by atoms with Gasteiger partial charge in [-0.15, -0.1) is 11.3 Å². The van der Waals surface area contributed by atoms with Crippen LogP contribution in [0.1, 0.15) is 24.6 Å². The van der Waals surface area contributed by atoms with Crippen LogP contribution in [-0.4, -0.2) is 23.1 Å². The first-order chi connectivity index (χ1) is 8.63. The zero-order valence-corrected chi connectivity index (χ0v) is 12.2. The molecule has 3 rings (SSSR count). The van der Waals surface area contributed by atoms with Gasteiger partial charge in [-0.2, -0.15) is 4.98 Å². The molecule has 96 valence electrons. The number of rotatable bonds is 1. The Labute approximate surface area is 116 Å². The first-order valence-corrected chi connectivity index (χ1v) is 7.51. The summed E-state index contributed by atoms with van der Waals surface area (Å²) < 4.78 is 0. The highest BCUT2D eigenvalue weighted by Gasteiger charge is 2.21. The quantitative estimate of drug-likeness (QED) is 0.743. The monoisotopic (exact) mass is 281 g/mol. The Morgan fingerprint density at radius 1 is 1.44 bits per heavy atom. The summed E-state index contributed by atoms with van der Waals surface area (Å²) in [5, 5.41) is 1.51. The summed E-state index contributed by atoms with van der Waals surface area (Å²) in [4.78, 5) is 13.4. The molecule has 0 radical (unpaired) electrons. The lowest BCUT2D eigenvalue weighted by atomic mass is 10.0. The molecule has 0 aromatic carbocycles. The SMILES string of the molecule is Cc1cc2c(N3CCCC(C)C3)nc(Cl)nc2s1. The van der Waals surface area contributed by atoms with Gasteiger partial charge in [-0.25, -0.2) is 4.98 Å². The van der Waals surface area contributed by atoms with E-state index in [1.807, 2.05) is 0 Å². The molecular formula is C13H16ClN3S. The highest BCUT2D eigenvalue weighted by Crippen LogP contribution is 2.33. The molecule has 0 bridgehead atoms. The summed E-state index contributed by atoms with van der Waals surface area (Å²) in [6.07, 6.45) is 2.54. The highest BCUT2D eigenvalue weighted by molar-refractivity contribution is 7.18. The maximum Gasteiger partial charge on any atom is 0.225 e. The first-order valence-electron chi connectivity index (χ1n) is 6.32. The van der Waals surface area contributed by atoms with Crippen molar-refractivity contribution in [3.8, 4) is 0 Å². The predicted octanol–water partition coefficient (Wildman–Crippen LogP) is 3.89. The van der Waals surface area contributed by atoms with E-state index in [9.17, 15) is 0 Å². The van der Waals surface area contributed by atoms with Gasteiger partial charge in [0.25, 0.3) is 0 Å². The number of hydrogen-bond acceptors (Lipinski definition) is 4. The molecule has 0 spiro atoms. The largest absolute Gasteiger partial charge is 0.356 e. The van der Waals surface area contributed by atoms with Gasteiger partial charge in [0, 0.05) is 18.0 Å². The number of aromatic nitrogens is 2. The lowest BCUT2D eigenvalue weighted by Gasteiger charge is -2.32. The molecule has 0 amide bonds. The number of halogens is 1. The normalized spacial score (nSPS) is 20.6. The Kier molecular flexibility index (Phi) is 3.16. The van der Waals surface area contributed by atoms with Crippen molar-refractivity contribution in [1.29, 1.82) is 0 Å². The van der Waals surface area contributed by atoms with Crippen LogP contribution in [0.2, 0.25) is 5.28 Å². The van der Waals surface area contributed by atoms with Crippen molar-refractivity contribution in [3.63, 3.8) is 0 Å². The highest BCUT2D eigenvalue weighted by atomic mass is 35.5. The van der Waals surface area contributed by atoms with Crippen LogP contribution in [0.4, 0.5) is 5.82 Å². The fourth-order valence-corrected chi connectivity index (χ4v) is 3.71. The second-order valence-corrected chi connectivity index (χ2v) is 6.66. The third-order valence-electron chi connectivity index (χ3n) is 3.43. The summed E-state index contributed by atoms with van der Waals surface area (Å²) in [7, 11) is 0. The van der Waals surface area contributed by atoms with Gasteiger partial charge >= 0.3 is 0 Å². The van der Waals surface area contributed by atoms with E-state index in [1.165, 1.54) is 17.7 Å². The first kappa shape index (κ1) is 12.2. The van der Waals surface area contributed by atoms with E-state index in [4.69, 9.17) is 11.6 Å². The maximum absolute atomic E-state index is 6.05. The summed E-state index contributed by atoms with van der Waals surface area (Å²) >= 11 is 7.73. The number of fused-ring (bicyclic) bond motifs is 1.